The van der Waals surface area contributed by atoms with Gasteiger partial charge in [-0.05, 0) is 13.3 Å². The third kappa shape index (κ3) is 4.68. The van der Waals surface area contributed by atoms with Crippen molar-refractivity contribution in [2.75, 3.05) is 19.7 Å². The van der Waals surface area contributed by atoms with Crippen LogP contribution >= 0.6 is 0 Å². The van der Waals surface area contributed by atoms with Gasteiger partial charge in [-0.1, -0.05) is 13.3 Å². The van der Waals surface area contributed by atoms with E-state index in [0.29, 0.717) is 19.4 Å². The number of nitrogens with zero attached hydrogens (tertiary/aromatic N) is 1. The molecule has 1 rings (SSSR count). The van der Waals surface area contributed by atoms with Crippen LogP contribution < -0.4 is 5.32 Å². The summed E-state index contributed by atoms with van der Waals surface area (Å²) in [7, 11) is 0. The Balaban J connectivity index is 2.58. The summed E-state index contributed by atoms with van der Waals surface area (Å²) in [5.74, 6) is -1.03. The summed E-state index contributed by atoms with van der Waals surface area (Å²) in [4.78, 5) is 24.5. The molecule has 7 heteroatoms. The average molecular weight is 274 g/mol. The van der Waals surface area contributed by atoms with E-state index in [1.165, 1.54) is 4.90 Å². The number of hydrogen-bond donors (Lipinski definition) is 3. The first-order valence-corrected chi connectivity index (χ1v) is 6.52. The second kappa shape index (κ2) is 7.30. The zero-order valence-corrected chi connectivity index (χ0v) is 11.3. The van der Waals surface area contributed by atoms with E-state index in [0.717, 1.165) is 0 Å². The molecule has 1 fully saturated rings. The Morgan fingerprint density at radius 3 is 2.68 bits per heavy atom. The fraction of sp³-hybridized carbons (Fsp3) is 0.833. The molecule has 110 valence electrons. The molecule has 0 aliphatic carbocycles. The Kier molecular flexibility index (Phi) is 6.04. The van der Waals surface area contributed by atoms with Gasteiger partial charge in [0.1, 0.15) is 6.04 Å². The number of hydrogen-bond acceptors (Lipinski definition) is 4. The zero-order valence-electron chi connectivity index (χ0n) is 11.3. The number of urea groups is 1. The van der Waals surface area contributed by atoms with E-state index in [1.54, 1.807) is 0 Å². The molecule has 2 amide bonds. The second-order valence-electron chi connectivity index (χ2n) is 4.79. The predicted octanol–water partition coefficient (Wildman–Crippen LogP) is 0.0309. The molecule has 3 N–H and O–H groups in total. The van der Waals surface area contributed by atoms with Crippen LogP contribution in [-0.4, -0.2) is 65.1 Å². The molecule has 0 bridgehead atoms. The maximum atomic E-state index is 12.0. The number of carbonyl (C=O) groups is 2. The SMILES string of the molecule is CCC[C@@H](NC(=O)N1CC(C)OC(CO)C1)C(=O)O. The van der Waals surface area contributed by atoms with Crippen LogP contribution in [0.5, 0.6) is 0 Å². The van der Waals surface area contributed by atoms with Crippen molar-refractivity contribution in [3.63, 3.8) is 0 Å². The van der Waals surface area contributed by atoms with Gasteiger partial charge in [-0.2, -0.15) is 0 Å². The summed E-state index contributed by atoms with van der Waals surface area (Å²) in [5, 5.41) is 20.6. The number of carboxylic acid groups (broad SMARTS) is 1. The molecule has 0 spiro atoms. The number of aliphatic hydroxyl groups excluding tert-OH is 1. The van der Waals surface area contributed by atoms with Gasteiger partial charge >= 0.3 is 12.0 Å². The van der Waals surface area contributed by atoms with Gasteiger partial charge in [0.05, 0.1) is 25.4 Å². The van der Waals surface area contributed by atoms with Gasteiger partial charge in [-0.15, -0.1) is 0 Å². The quantitative estimate of drug-likeness (QED) is 0.657. The lowest BCUT2D eigenvalue weighted by atomic mass is 10.1. The molecule has 0 aromatic carbocycles. The molecular weight excluding hydrogens is 252 g/mol. The van der Waals surface area contributed by atoms with Gasteiger partial charge < -0.3 is 25.2 Å². The van der Waals surface area contributed by atoms with Crippen LogP contribution in [0, 0.1) is 0 Å². The lowest BCUT2D eigenvalue weighted by Gasteiger charge is -2.36. The number of nitrogens with one attached hydrogen (secondary N) is 1. The molecule has 2 unspecified atom stereocenters. The van der Waals surface area contributed by atoms with Crippen molar-refractivity contribution >= 4 is 12.0 Å². The number of aliphatic hydroxyl groups is 1. The monoisotopic (exact) mass is 274 g/mol. The molecule has 0 aromatic heterocycles. The minimum atomic E-state index is -1.03. The Morgan fingerprint density at radius 2 is 2.16 bits per heavy atom. The van der Waals surface area contributed by atoms with E-state index in [4.69, 9.17) is 14.9 Å². The lowest BCUT2D eigenvalue weighted by molar-refractivity contribution is -0.139. The van der Waals surface area contributed by atoms with Crippen molar-refractivity contribution in [2.45, 2.75) is 44.9 Å². The molecule has 19 heavy (non-hydrogen) atoms. The number of morpholine rings is 1. The van der Waals surface area contributed by atoms with Crippen LogP contribution in [0.3, 0.4) is 0 Å². The summed E-state index contributed by atoms with van der Waals surface area (Å²) >= 11 is 0. The van der Waals surface area contributed by atoms with Crippen LogP contribution in [0.25, 0.3) is 0 Å². The Bertz CT molecular complexity index is 323. The second-order valence-corrected chi connectivity index (χ2v) is 4.79. The first-order chi connectivity index (χ1) is 8.97. The van der Waals surface area contributed by atoms with Crippen LogP contribution in [0.4, 0.5) is 4.79 Å². The van der Waals surface area contributed by atoms with E-state index >= 15 is 0 Å². The summed E-state index contributed by atoms with van der Waals surface area (Å²) in [5.41, 5.74) is 0. The highest BCUT2D eigenvalue weighted by Gasteiger charge is 2.30. The average Bonchev–Trinajstić information content (AvgIpc) is 2.37. The number of carbonyl (C=O) groups excluding carboxylic acids is 1. The Morgan fingerprint density at radius 1 is 1.47 bits per heavy atom. The van der Waals surface area contributed by atoms with Gasteiger partial charge in [-0.25, -0.2) is 9.59 Å². The summed E-state index contributed by atoms with van der Waals surface area (Å²) in [6.45, 7) is 4.17. The molecule has 0 radical (unpaired) electrons. The molecule has 1 aliphatic heterocycles. The largest absolute Gasteiger partial charge is 0.480 e. The molecule has 1 heterocycles. The minimum absolute atomic E-state index is 0.161. The van der Waals surface area contributed by atoms with Gasteiger partial charge in [0.15, 0.2) is 0 Å². The van der Waals surface area contributed by atoms with Crippen molar-refractivity contribution in [1.82, 2.24) is 10.2 Å². The van der Waals surface area contributed by atoms with Crippen LogP contribution in [-0.2, 0) is 9.53 Å². The Hall–Kier alpha value is -1.34. The van der Waals surface area contributed by atoms with E-state index in [1.807, 2.05) is 13.8 Å². The van der Waals surface area contributed by atoms with Gasteiger partial charge in [0, 0.05) is 6.54 Å². The van der Waals surface area contributed by atoms with Gasteiger partial charge in [0.2, 0.25) is 0 Å². The molecular formula is C12H22N2O5. The standard InChI is InChI=1S/C12H22N2O5/c1-3-4-10(11(16)17)13-12(18)14-5-8(2)19-9(6-14)7-15/h8-10,15H,3-7H2,1-2H3,(H,13,18)(H,16,17)/t8?,9?,10-/m1/s1. The lowest BCUT2D eigenvalue weighted by Crippen LogP contribution is -2.55. The number of carboxylic acids is 1. The topological polar surface area (TPSA) is 99.1 Å². The first kappa shape index (κ1) is 15.7. The van der Waals surface area contributed by atoms with Crippen molar-refractivity contribution in [3.8, 4) is 0 Å². The number of aliphatic carboxylic acids is 1. The molecule has 0 saturated carbocycles. The minimum Gasteiger partial charge on any atom is -0.480 e. The summed E-state index contributed by atoms with van der Waals surface area (Å²) in [6.07, 6.45) is 0.482. The highest BCUT2D eigenvalue weighted by Crippen LogP contribution is 2.11. The maximum Gasteiger partial charge on any atom is 0.326 e. The zero-order chi connectivity index (χ0) is 14.4. The fourth-order valence-corrected chi connectivity index (χ4v) is 2.10. The Labute approximate surface area is 112 Å². The number of ether oxygens (including phenoxy) is 1. The third-order valence-corrected chi connectivity index (χ3v) is 2.99. The molecule has 1 aliphatic rings. The normalized spacial score (nSPS) is 24.9. The van der Waals surface area contributed by atoms with E-state index in [-0.39, 0.29) is 19.3 Å². The van der Waals surface area contributed by atoms with Crippen molar-refractivity contribution in [2.24, 2.45) is 0 Å². The third-order valence-electron chi connectivity index (χ3n) is 2.99. The van der Waals surface area contributed by atoms with Crippen LogP contribution in [0.2, 0.25) is 0 Å². The molecule has 1 saturated heterocycles. The number of rotatable bonds is 5. The fourth-order valence-electron chi connectivity index (χ4n) is 2.10. The van der Waals surface area contributed by atoms with Crippen molar-refractivity contribution in [3.05, 3.63) is 0 Å². The smallest absolute Gasteiger partial charge is 0.326 e. The summed E-state index contributed by atoms with van der Waals surface area (Å²) in [6, 6.07) is -1.29. The van der Waals surface area contributed by atoms with E-state index in [2.05, 4.69) is 5.32 Å². The summed E-state index contributed by atoms with van der Waals surface area (Å²) < 4.78 is 5.43. The maximum absolute atomic E-state index is 12.0. The highest BCUT2D eigenvalue weighted by atomic mass is 16.5. The highest BCUT2D eigenvalue weighted by molar-refractivity contribution is 5.82. The number of amides is 2. The predicted molar refractivity (Wildman–Crippen MR) is 67.9 cm³/mol. The van der Waals surface area contributed by atoms with Crippen LogP contribution in [0.1, 0.15) is 26.7 Å². The van der Waals surface area contributed by atoms with Gasteiger partial charge in [0.25, 0.3) is 0 Å². The first-order valence-electron chi connectivity index (χ1n) is 6.52. The van der Waals surface area contributed by atoms with Crippen molar-refractivity contribution in [1.29, 1.82) is 0 Å². The van der Waals surface area contributed by atoms with Crippen molar-refractivity contribution < 1.29 is 24.5 Å². The van der Waals surface area contributed by atoms with Crippen LogP contribution in [0.15, 0.2) is 0 Å². The molecule has 3 atom stereocenters. The molecule has 0 aromatic rings. The molecule has 7 nitrogen and oxygen atoms in total. The van der Waals surface area contributed by atoms with E-state index in [9.17, 15) is 9.59 Å². The van der Waals surface area contributed by atoms with E-state index < -0.39 is 24.1 Å². The van der Waals surface area contributed by atoms with Gasteiger partial charge in [-0.3, -0.25) is 0 Å².